The zero-order valence-corrected chi connectivity index (χ0v) is 26.7. The van der Waals surface area contributed by atoms with Crippen molar-refractivity contribution in [2.24, 2.45) is 5.73 Å². The van der Waals surface area contributed by atoms with Gasteiger partial charge in [-0.25, -0.2) is 4.79 Å². The van der Waals surface area contributed by atoms with Gasteiger partial charge in [-0.15, -0.1) is 0 Å². The fraction of sp³-hybridized carbons (Fsp3) is 0.167. The Bertz CT molecular complexity index is 2080. The smallest absolute Gasteiger partial charge is 0.379 e. The minimum Gasteiger partial charge on any atom is -0.490 e. The lowest BCUT2D eigenvalue weighted by Crippen LogP contribution is -2.21. The lowest BCUT2D eigenvalue weighted by atomic mass is 9.83. The van der Waals surface area contributed by atoms with Gasteiger partial charge in [0.05, 0.1) is 12.5 Å². The molecule has 0 fully saturated rings. The van der Waals surface area contributed by atoms with Gasteiger partial charge in [-0.1, -0.05) is 53.0 Å². The predicted octanol–water partition coefficient (Wildman–Crippen LogP) is 8.77. The number of furan rings is 1. The van der Waals surface area contributed by atoms with Gasteiger partial charge >= 0.3 is 5.97 Å². The molecule has 0 amide bonds. The Labute approximate surface area is 275 Å². The lowest BCUT2D eigenvalue weighted by Gasteiger charge is -2.27. The van der Waals surface area contributed by atoms with Crippen molar-refractivity contribution < 1.29 is 28.2 Å². The van der Waals surface area contributed by atoms with E-state index in [1.165, 1.54) is 0 Å². The van der Waals surface area contributed by atoms with Crippen molar-refractivity contribution in [3.05, 3.63) is 128 Å². The number of rotatable bonds is 8. The molecule has 10 heteroatoms. The van der Waals surface area contributed by atoms with E-state index < -0.39 is 11.9 Å². The summed E-state index contributed by atoms with van der Waals surface area (Å²) in [5, 5.41) is 12.0. The van der Waals surface area contributed by atoms with Crippen molar-refractivity contribution in [1.82, 2.24) is 0 Å². The number of esters is 1. The van der Waals surface area contributed by atoms with Gasteiger partial charge in [-0.2, -0.15) is 5.26 Å². The molecule has 0 radical (unpaired) electrons. The normalized spacial score (nSPS) is 14.0. The van der Waals surface area contributed by atoms with Crippen LogP contribution in [0.15, 0.2) is 88.7 Å². The number of benzene rings is 4. The second-order valence-electron chi connectivity index (χ2n) is 10.7. The molecule has 1 atom stereocenters. The summed E-state index contributed by atoms with van der Waals surface area (Å²) < 4.78 is 29.4. The van der Waals surface area contributed by atoms with E-state index in [0.29, 0.717) is 50.6 Å². The van der Waals surface area contributed by atoms with Crippen LogP contribution in [0, 0.1) is 25.2 Å². The summed E-state index contributed by atoms with van der Waals surface area (Å²) in [6.07, 6.45) is 0. The monoisotopic (exact) mass is 654 g/mol. The number of nitrogens with two attached hydrogens (primary N) is 1. The molecule has 2 heterocycles. The Hall–Kier alpha value is -5.10. The second kappa shape index (κ2) is 12.7. The van der Waals surface area contributed by atoms with Crippen molar-refractivity contribution in [3.8, 4) is 29.1 Å². The number of hydrogen-bond donors (Lipinski definition) is 1. The quantitative estimate of drug-likeness (QED) is 0.130. The Kier molecular flexibility index (Phi) is 8.55. The lowest BCUT2D eigenvalue weighted by molar-refractivity contribution is 0.0702. The number of aryl methyl sites for hydroxylation is 2. The molecule has 1 aliphatic heterocycles. The van der Waals surface area contributed by atoms with Gasteiger partial charge in [0.15, 0.2) is 11.5 Å². The van der Waals surface area contributed by atoms with Gasteiger partial charge in [-0.3, -0.25) is 0 Å². The van der Waals surface area contributed by atoms with Crippen LogP contribution in [0.1, 0.15) is 51.2 Å². The molecule has 0 bridgehead atoms. The fourth-order valence-corrected chi connectivity index (χ4v) is 5.87. The summed E-state index contributed by atoms with van der Waals surface area (Å²) in [5.74, 6) is 0.393. The van der Waals surface area contributed by atoms with Crippen molar-refractivity contribution >= 4 is 40.1 Å². The van der Waals surface area contributed by atoms with E-state index in [1.54, 1.807) is 42.5 Å². The van der Waals surface area contributed by atoms with E-state index in [2.05, 4.69) is 6.07 Å². The van der Waals surface area contributed by atoms with Crippen LogP contribution in [0.4, 0.5) is 0 Å². The van der Waals surface area contributed by atoms with Gasteiger partial charge in [0.25, 0.3) is 0 Å². The maximum Gasteiger partial charge on any atom is 0.379 e. The summed E-state index contributed by atoms with van der Waals surface area (Å²) in [5.41, 5.74) is 11.0. The molecular formula is C36H28Cl2N2O6. The molecule has 5 aromatic rings. The van der Waals surface area contributed by atoms with Crippen LogP contribution in [0.25, 0.3) is 11.0 Å². The van der Waals surface area contributed by atoms with Crippen molar-refractivity contribution in [1.29, 1.82) is 5.26 Å². The zero-order valence-electron chi connectivity index (χ0n) is 25.1. The molecule has 0 saturated carbocycles. The SMILES string of the molecule is CCOc1cc(C2C(C#N)=C(N)Oc3cc(OC(=O)c4oc5ccc(C)cc5c4C)ccc32)ccc1OCc1ccc(Cl)cc1Cl. The number of carbonyl (C=O) groups is 1. The Balaban J connectivity index is 1.29. The molecule has 1 aliphatic rings. The number of halogens is 2. The van der Waals surface area contributed by atoms with E-state index >= 15 is 0 Å². The zero-order chi connectivity index (χ0) is 32.5. The summed E-state index contributed by atoms with van der Waals surface area (Å²) in [6, 6.07) is 23.5. The topological polar surface area (TPSA) is 117 Å². The van der Waals surface area contributed by atoms with Crippen molar-refractivity contribution in [2.75, 3.05) is 6.61 Å². The third-order valence-electron chi connectivity index (χ3n) is 7.68. The first kappa shape index (κ1) is 30.9. The maximum atomic E-state index is 13.1. The van der Waals surface area contributed by atoms with E-state index in [0.717, 1.165) is 22.1 Å². The highest BCUT2D eigenvalue weighted by Gasteiger charge is 2.32. The van der Waals surface area contributed by atoms with Crippen LogP contribution in [-0.2, 0) is 6.61 Å². The third-order valence-corrected chi connectivity index (χ3v) is 8.26. The summed E-state index contributed by atoms with van der Waals surface area (Å²) in [7, 11) is 0. The second-order valence-corrected chi connectivity index (χ2v) is 11.6. The highest BCUT2D eigenvalue weighted by atomic mass is 35.5. The average Bonchev–Trinajstić information content (AvgIpc) is 3.36. The standard InChI is InChI=1S/C36H28Cl2N2O6/c1-4-42-32-14-21(7-12-30(32)43-18-22-6-8-23(37)15-28(22)38)33-25-10-9-24(16-31(25)46-35(40)27(33)17-39)44-36(41)34-20(3)26-13-19(2)5-11-29(26)45-34/h5-16,33H,4,18,40H2,1-3H3. The molecule has 1 aromatic heterocycles. The van der Waals surface area contributed by atoms with Crippen LogP contribution in [-0.4, -0.2) is 12.6 Å². The van der Waals surface area contributed by atoms with E-state index in [4.69, 9.17) is 52.3 Å². The molecule has 2 N–H and O–H groups in total. The van der Waals surface area contributed by atoms with Gasteiger partial charge in [0.1, 0.15) is 35.3 Å². The first-order chi connectivity index (χ1) is 22.2. The minimum atomic E-state index is -0.642. The average molecular weight is 656 g/mol. The molecule has 0 spiro atoms. The molecule has 6 rings (SSSR count). The third kappa shape index (κ3) is 5.95. The van der Waals surface area contributed by atoms with Crippen LogP contribution in [0.5, 0.6) is 23.0 Å². The van der Waals surface area contributed by atoms with Crippen LogP contribution >= 0.6 is 23.2 Å². The number of nitrogens with zero attached hydrogens (tertiary/aromatic N) is 1. The summed E-state index contributed by atoms with van der Waals surface area (Å²) in [4.78, 5) is 13.1. The van der Waals surface area contributed by atoms with E-state index in [1.807, 2.05) is 51.1 Å². The van der Waals surface area contributed by atoms with Gasteiger partial charge in [0, 0.05) is 38.2 Å². The fourth-order valence-electron chi connectivity index (χ4n) is 5.41. The molecular weight excluding hydrogens is 627 g/mol. The number of nitriles is 1. The molecule has 4 aromatic carbocycles. The predicted molar refractivity (Wildman–Crippen MR) is 175 cm³/mol. The molecule has 0 saturated heterocycles. The molecule has 0 aliphatic carbocycles. The van der Waals surface area contributed by atoms with Gasteiger partial charge < -0.3 is 29.1 Å². The highest BCUT2D eigenvalue weighted by molar-refractivity contribution is 6.35. The Morgan fingerprint density at radius 1 is 0.978 bits per heavy atom. The largest absolute Gasteiger partial charge is 0.490 e. The van der Waals surface area contributed by atoms with Crippen LogP contribution < -0.4 is 24.7 Å². The molecule has 1 unspecified atom stereocenters. The van der Waals surface area contributed by atoms with E-state index in [-0.39, 0.29) is 29.6 Å². The minimum absolute atomic E-state index is 0.0531. The van der Waals surface area contributed by atoms with E-state index in [9.17, 15) is 10.1 Å². The summed E-state index contributed by atoms with van der Waals surface area (Å²) in [6.45, 7) is 6.23. The number of hydrogen-bond acceptors (Lipinski definition) is 8. The first-order valence-corrected chi connectivity index (χ1v) is 15.2. The van der Waals surface area contributed by atoms with Crippen molar-refractivity contribution in [3.63, 3.8) is 0 Å². The number of carbonyl (C=O) groups excluding carboxylic acids is 1. The van der Waals surface area contributed by atoms with Gasteiger partial charge in [0.2, 0.25) is 11.6 Å². The van der Waals surface area contributed by atoms with Crippen molar-refractivity contribution in [2.45, 2.75) is 33.3 Å². The molecule has 232 valence electrons. The number of ether oxygens (including phenoxy) is 4. The molecule has 8 nitrogen and oxygen atoms in total. The Morgan fingerprint density at radius 3 is 2.57 bits per heavy atom. The van der Waals surface area contributed by atoms with Crippen LogP contribution in [0.3, 0.4) is 0 Å². The van der Waals surface area contributed by atoms with Gasteiger partial charge in [-0.05, 0) is 68.8 Å². The molecule has 46 heavy (non-hydrogen) atoms. The number of fused-ring (bicyclic) bond motifs is 2. The number of allylic oxidation sites excluding steroid dienone is 1. The maximum absolute atomic E-state index is 13.1. The first-order valence-electron chi connectivity index (χ1n) is 14.4. The summed E-state index contributed by atoms with van der Waals surface area (Å²) >= 11 is 12.4. The Morgan fingerprint density at radius 2 is 1.80 bits per heavy atom. The highest BCUT2D eigenvalue weighted by Crippen LogP contribution is 2.45. The van der Waals surface area contributed by atoms with Crippen LogP contribution in [0.2, 0.25) is 10.0 Å².